The van der Waals surface area contributed by atoms with Crippen molar-refractivity contribution in [1.82, 2.24) is 15.3 Å². The fraction of sp³-hybridized carbons (Fsp3) is 0.633. The van der Waals surface area contributed by atoms with E-state index in [-0.39, 0.29) is 6.10 Å². The van der Waals surface area contributed by atoms with E-state index < -0.39 is 5.79 Å². The molecule has 2 bridgehead atoms. The van der Waals surface area contributed by atoms with E-state index >= 15 is 0 Å². The predicted octanol–water partition coefficient (Wildman–Crippen LogP) is 4.71. The van der Waals surface area contributed by atoms with Crippen LogP contribution >= 0.6 is 0 Å². The van der Waals surface area contributed by atoms with Crippen molar-refractivity contribution >= 4 is 11.8 Å². The Balaban J connectivity index is 1.13. The minimum Gasteiger partial charge on any atom is -0.496 e. The van der Waals surface area contributed by atoms with Crippen LogP contribution in [0.25, 0.3) is 0 Å². The molecule has 2 saturated carbocycles. The lowest BCUT2D eigenvalue weighted by Gasteiger charge is -2.46. The van der Waals surface area contributed by atoms with E-state index in [1.807, 2.05) is 38.1 Å². The highest BCUT2D eigenvalue weighted by atomic mass is 16.7. The third-order valence-electron chi connectivity index (χ3n) is 8.45. The zero-order valence-corrected chi connectivity index (χ0v) is 23.4. The number of aromatic nitrogens is 2. The quantitative estimate of drug-likeness (QED) is 0.377. The van der Waals surface area contributed by atoms with Gasteiger partial charge in [-0.1, -0.05) is 24.6 Å². The molecule has 3 fully saturated rings. The van der Waals surface area contributed by atoms with Gasteiger partial charge in [0.1, 0.15) is 23.2 Å². The summed E-state index contributed by atoms with van der Waals surface area (Å²) in [7, 11) is 1.66. The van der Waals surface area contributed by atoms with Crippen molar-refractivity contribution < 1.29 is 14.2 Å². The largest absolute Gasteiger partial charge is 0.496 e. The van der Waals surface area contributed by atoms with Crippen molar-refractivity contribution in [3.63, 3.8) is 0 Å². The zero-order chi connectivity index (χ0) is 27.2. The first kappa shape index (κ1) is 27.6. The molecule has 9 nitrogen and oxygen atoms in total. The first-order valence-corrected chi connectivity index (χ1v) is 14.4. The summed E-state index contributed by atoms with van der Waals surface area (Å²) in [4.78, 5) is 8.99. The Hall–Kier alpha value is -2.93. The maximum absolute atomic E-state index is 9.65. The molecule has 39 heavy (non-hydrogen) atoms. The SMILES string of the molecule is COc1ccccc1CNc1ncc(C#N)c(NCC2C[C@H]3CCC[C@@H](C2)C3NCC[C@@H]2COC(C)(C)O2)n1. The monoisotopic (exact) mass is 534 g/mol. The molecule has 2 unspecified atom stereocenters. The lowest BCUT2D eigenvalue weighted by atomic mass is 9.64. The summed E-state index contributed by atoms with van der Waals surface area (Å²) in [5, 5.41) is 20.3. The van der Waals surface area contributed by atoms with E-state index in [9.17, 15) is 5.26 Å². The molecule has 2 aromatic rings. The lowest BCUT2D eigenvalue weighted by molar-refractivity contribution is -0.138. The summed E-state index contributed by atoms with van der Waals surface area (Å²) in [5.41, 5.74) is 1.49. The molecule has 1 aromatic heterocycles. The highest BCUT2D eigenvalue weighted by Gasteiger charge is 2.40. The number of ether oxygens (including phenoxy) is 3. The van der Waals surface area contributed by atoms with E-state index in [4.69, 9.17) is 14.2 Å². The number of anilines is 2. The van der Waals surface area contributed by atoms with Crippen LogP contribution in [-0.2, 0) is 16.0 Å². The number of nitrogens with one attached hydrogen (secondary N) is 3. The van der Waals surface area contributed by atoms with Crippen molar-refractivity contribution in [3.05, 3.63) is 41.6 Å². The fourth-order valence-electron chi connectivity index (χ4n) is 6.63. The van der Waals surface area contributed by atoms with Gasteiger partial charge in [-0.3, -0.25) is 0 Å². The van der Waals surface area contributed by atoms with Crippen LogP contribution in [0.2, 0.25) is 0 Å². The van der Waals surface area contributed by atoms with Gasteiger partial charge in [0.15, 0.2) is 5.79 Å². The van der Waals surface area contributed by atoms with Gasteiger partial charge in [0.2, 0.25) is 5.95 Å². The van der Waals surface area contributed by atoms with E-state index in [0.717, 1.165) is 30.8 Å². The maximum Gasteiger partial charge on any atom is 0.224 e. The molecule has 9 heteroatoms. The molecular weight excluding hydrogens is 492 g/mol. The van der Waals surface area contributed by atoms with Gasteiger partial charge in [-0.05, 0) is 76.3 Å². The number of rotatable bonds is 11. The Morgan fingerprint density at radius 1 is 1.15 bits per heavy atom. The number of fused-ring (bicyclic) bond motifs is 2. The second-order valence-electron chi connectivity index (χ2n) is 11.6. The molecule has 1 saturated heterocycles. The van der Waals surface area contributed by atoms with E-state index in [2.05, 4.69) is 32.0 Å². The molecule has 3 aliphatic rings. The van der Waals surface area contributed by atoms with Crippen LogP contribution in [0, 0.1) is 29.1 Å². The lowest BCUT2D eigenvalue weighted by Crippen LogP contribution is -2.50. The second kappa shape index (κ2) is 12.5. The first-order valence-electron chi connectivity index (χ1n) is 14.4. The Morgan fingerprint density at radius 2 is 1.95 bits per heavy atom. The number of hydrogen-bond donors (Lipinski definition) is 3. The third kappa shape index (κ3) is 6.99. The number of hydrogen-bond acceptors (Lipinski definition) is 9. The molecule has 5 atom stereocenters. The zero-order valence-electron chi connectivity index (χ0n) is 23.4. The fourth-order valence-corrected chi connectivity index (χ4v) is 6.63. The molecule has 0 radical (unpaired) electrons. The molecule has 5 rings (SSSR count). The van der Waals surface area contributed by atoms with Crippen molar-refractivity contribution in [1.29, 1.82) is 5.26 Å². The summed E-state index contributed by atoms with van der Waals surface area (Å²) in [6, 6.07) is 10.7. The van der Waals surface area contributed by atoms with Gasteiger partial charge in [-0.2, -0.15) is 10.2 Å². The average molecular weight is 535 g/mol. The maximum atomic E-state index is 9.65. The van der Waals surface area contributed by atoms with E-state index in [1.54, 1.807) is 13.3 Å². The predicted molar refractivity (Wildman–Crippen MR) is 150 cm³/mol. The van der Waals surface area contributed by atoms with Crippen LogP contribution < -0.4 is 20.7 Å². The molecule has 210 valence electrons. The summed E-state index contributed by atoms with van der Waals surface area (Å²) in [5.74, 6) is 3.41. The molecule has 0 amide bonds. The summed E-state index contributed by atoms with van der Waals surface area (Å²) >= 11 is 0. The van der Waals surface area contributed by atoms with Gasteiger partial charge < -0.3 is 30.2 Å². The number of nitrogens with zero attached hydrogens (tertiary/aromatic N) is 3. The second-order valence-corrected chi connectivity index (χ2v) is 11.6. The van der Waals surface area contributed by atoms with E-state index in [1.165, 1.54) is 32.1 Å². The van der Waals surface area contributed by atoms with Gasteiger partial charge >= 0.3 is 0 Å². The standard InChI is InChI=1S/C30H42N6O3/c1-30(2)38-19-25(39-30)11-12-32-27-21-8-6-9-22(27)14-20(13-21)16-33-28-24(15-31)18-35-29(36-28)34-17-23-7-4-5-10-26(23)37-3/h4-5,7,10,18,20-22,25,27,32H,6,8-9,11-14,16-17,19H2,1-3H3,(H2,33,34,35,36)/t20?,21-,22+,25-,27?/m1/s1. The smallest absolute Gasteiger partial charge is 0.224 e. The highest BCUT2D eigenvalue weighted by molar-refractivity contribution is 5.53. The molecule has 0 spiro atoms. The topological polar surface area (TPSA) is 113 Å². The Labute approximate surface area is 232 Å². The summed E-state index contributed by atoms with van der Waals surface area (Å²) in [6.07, 6.45) is 9.06. The van der Waals surface area contributed by atoms with Gasteiger partial charge in [0, 0.05) is 24.7 Å². The highest BCUT2D eigenvalue weighted by Crippen LogP contribution is 2.43. The molecular formula is C30H42N6O3. The van der Waals surface area contributed by atoms with Gasteiger partial charge in [-0.15, -0.1) is 0 Å². The third-order valence-corrected chi connectivity index (χ3v) is 8.45. The number of nitriles is 1. The molecule has 2 heterocycles. The molecule has 2 aliphatic carbocycles. The Kier molecular flexibility index (Phi) is 8.85. The van der Waals surface area contributed by atoms with E-state index in [0.29, 0.717) is 54.3 Å². The number of para-hydroxylation sites is 1. The van der Waals surface area contributed by atoms with Crippen LogP contribution in [0.5, 0.6) is 5.75 Å². The number of benzene rings is 1. The normalized spacial score (nSPS) is 27.5. The van der Waals surface area contributed by atoms with Crippen LogP contribution in [-0.4, -0.2) is 54.7 Å². The van der Waals surface area contributed by atoms with Crippen LogP contribution in [0.15, 0.2) is 30.5 Å². The summed E-state index contributed by atoms with van der Waals surface area (Å²) in [6.45, 7) is 6.99. The minimum atomic E-state index is -0.451. The van der Waals surface area contributed by atoms with Gasteiger partial charge in [-0.25, -0.2) is 4.98 Å². The van der Waals surface area contributed by atoms with Crippen LogP contribution in [0.4, 0.5) is 11.8 Å². The van der Waals surface area contributed by atoms with Crippen molar-refractivity contribution in [2.75, 3.05) is 37.4 Å². The molecule has 1 aliphatic heterocycles. The van der Waals surface area contributed by atoms with Crippen LogP contribution in [0.3, 0.4) is 0 Å². The van der Waals surface area contributed by atoms with Gasteiger partial charge in [0.05, 0.1) is 26.0 Å². The van der Waals surface area contributed by atoms with Gasteiger partial charge in [0.25, 0.3) is 0 Å². The van der Waals surface area contributed by atoms with Crippen molar-refractivity contribution in [2.45, 2.75) is 76.9 Å². The first-order chi connectivity index (χ1) is 18.9. The molecule has 1 aromatic carbocycles. The average Bonchev–Trinajstić information content (AvgIpc) is 3.29. The van der Waals surface area contributed by atoms with Crippen LogP contribution in [0.1, 0.15) is 63.5 Å². The summed E-state index contributed by atoms with van der Waals surface area (Å²) < 4.78 is 17.1. The number of methoxy groups -OCH3 is 1. The molecule has 3 N–H and O–H groups in total. The van der Waals surface area contributed by atoms with Crippen molar-refractivity contribution in [2.24, 2.45) is 17.8 Å². The minimum absolute atomic E-state index is 0.184. The Morgan fingerprint density at radius 3 is 2.67 bits per heavy atom. The van der Waals surface area contributed by atoms with Crippen molar-refractivity contribution in [3.8, 4) is 11.8 Å². The Bertz CT molecular complexity index is 1140.